The van der Waals surface area contributed by atoms with Gasteiger partial charge in [0.25, 0.3) is 0 Å². The predicted octanol–water partition coefficient (Wildman–Crippen LogP) is 0.764. The maximum absolute atomic E-state index is 12.7. The van der Waals surface area contributed by atoms with Gasteiger partial charge in [-0.1, -0.05) is 12.1 Å². The van der Waals surface area contributed by atoms with Crippen molar-refractivity contribution >= 4 is 5.91 Å². The van der Waals surface area contributed by atoms with Gasteiger partial charge in [-0.2, -0.15) is 5.10 Å². The van der Waals surface area contributed by atoms with Crippen molar-refractivity contribution in [3.63, 3.8) is 0 Å². The van der Waals surface area contributed by atoms with Crippen LogP contribution in [0.4, 0.5) is 0 Å². The van der Waals surface area contributed by atoms with Crippen LogP contribution in [0, 0.1) is 12.8 Å². The number of rotatable bonds is 5. The number of nitrogens with one attached hydrogen (secondary N) is 4. The first-order valence-electron chi connectivity index (χ1n) is 7.90. The van der Waals surface area contributed by atoms with Crippen molar-refractivity contribution in [1.29, 1.82) is 0 Å². The maximum atomic E-state index is 12.7. The summed E-state index contributed by atoms with van der Waals surface area (Å²) in [5, 5.41) is 9.87. The summed E-state index contributed by atoms with van der Waals surface area (Å²) < 4.78 is 5.27. The summed E-state index contributed by atoms with van der Waals surface area (Å²) in [6.07, 6.45) is 0. The number of benzene rings is 1. The number of carbonyl (C=O) groups excluding carboxylic acids is 1. The molecular formula is C16H22N6O2. The molecule has 1 aliphatic rings. The Morgan fingerprint density at radius 3 is 3.00 bits per heavy atom. The van der Waals surface area contributed by atoms with E-state index < -0.39 is 0 Å². The van der Waals surface area contributed by atoms with Gasteiger partial charge in [-0.15, -0.1) is 0 Å². The highest BCUT2D eigenvalue weighted by Crippen LogP contribution is 2.28. The Bertz CT molecular complexity index is 716. The van der Waals surface area contributed by atoms with Gasteiger partial charge in [0, 0.05) is 6.54 Å². The molecule has 3 rings (SSSR count). The summed E-state index contributed by atoms with van der Waals surface area (Å²) in [6, 6.07) is 7.34. The van der Waals surface area contributed by atoms with Crippen molar-refractivity contribution in [2.24, 2.45) is 5.92 Å². The van der Waals surface area contributed by atoms with Crippen LogP contribution in [0.2, 0.25) is 0 Å². The molecule has 0 bridgehead atoms. The number of hydrazine groups is 1. The molecule has 0 aliphatic carbocycles. The molecule has 4 N–H and O–H groups in total. The SMILES string of the molecule is COc1cccc(C2NNCC2C(=O)NC(C)c2n[nH]c(C)n2)c1. The number of aromatic nitrogens is 3. The van der Waals surface area contributed by atoms with Crippen LogP contribution in [-0.2, 0) is 4.79 Å². The molecule has 1 amide bonds. The second kappa shape index (κ2) is 6.98. The fourth-order valence-electron chi connectivity index (χ4n) is 2.83. The highest BCUT2D eigenvalue weighted by Gasteiger charge is 2.35. The number of carbonyl (C=O) groups is 1. The van der Waals surface area contributed by atoms with Crippen LogP contribution in [-0.4, -0.2) is 34.7 Å². The molecular weight excluding hydrogens is 308 g/mol. The maximum Gasteiger partial charge on any atom is 0.227 e. The molecule has 8 heteroatoms. The fraction of sp³-hybridized carbons (Fsp3) is 0.438. The summed E-state index contributed by atoms with van der Waals surface area (Å²) in [7, 11) is 1.63. The first-order valence-corrected chi connectivity index (χ1v) is 7.90. The predicted molar refractivity (Wildman–Crippen MR) is 88.0 cm³/mol. The quantitative estimate of drug-likeness (QED) is 0.645. The van der Waals surface area contributed by atoms with Crippen LogP contribution in [0.25, 0.3) is 0 Å². The first-order chi connectivity index (χ1) is 11.6. The second-order valence-electron chi connectivity index (χ2n) is 5.90. The van der Waals surface area contributed by atoms with Gasteiger partial charge in [-0.05, 0) is 31.5 Å². The molecule has 0 radical (unpaired) electrons. The monoisotopic (exact) mass is 330 g/mol. The molecule has 3 unspecified atom stereocenters. The summed E-state index contributed by atoms with van der Waals surface area (Å²) in [5.74, 6) is 1.79. The molecule has 0 saturated carbocycles. The highest BCUT2D eigenvalue weighted by atomic mass is 16.5. The molecule has 1 saturated heterocycles. The van der Waals surface area contributed by atoms with Gasteiger partial charge in [0.1, 0.15) is 11.6 Å². The third-order valence-electron chi connectivity index (χ3n) is 4.13. The third kappa shape index (κ3) is 3.39. The van der Waals surface area contributed by atoms with Gasteiger partial charge in [-0.25, -0.2) is 10.4 Å². The minimum atomic E-state index is -0.256. The number of ether oxygens (including phenoxy) is 1. The van der Waals surface area contributed by atoms with E-state index in [0.29, 0.717) is 12.4 Å². The van der Waals surface area contributed by atoms with Crippen LogP contribution in [0.1, 0.15) is 36.2 Å². The van der Waals surface area contributed by atoms with Gasteiger partial charge < -0.3 is 10.1 Å². The number of aryl methyl sites for hydroxylation is 1. The van der Waals surface area contributed by atoms with E-state index in [1.165, 1.54) is 0 Å². The summed E-state index contributed by atoms with van der Waals surface area (Å²) in [4.78, 5) is 16.9. The molecule has 1 aromatic carbocycles. The van der Waals surface area contributed by atoms with Gasteiger partial charge in [0.2, 0.25) is 5.91 Å². The van der Waals surface area contributed by atoms with Crippen LogP contribution >= 0.6 is 0 Å². The zero-order valence-corrected chi connectivity index (χ0v) is 14.0. The standard InChI is InChI=1S/C16H22N6O2/c1-9(15-19-10(2)20-22-15)18-16(23)13-8-17-21-14(13)11-5-4-6-12(7-11)24-3/h4-7,9,13-14,17,21H,8H2,1-3H3,(H,18,23)(H,19,20,22). The molecule has 0 spiro atoms. The van der Waals surface area contributed by atoms with Crippen molar-refractivity contribution in [2.75, 3.05) is 13.7 Å². The number of aromatic amines is 1. The van der Waals surface area contributed by atoms with Crippen LogP contribution in [0.3, 0.4) is 0 Å². The molecule has 2 heterocycles. The number of methoxy groups -OCH3 is 1. The molecule has 8 nitrogen and oxygen atoms in total. The van der Waals surface area contributed by atoms with E-state index >= 15 is 0 Å². The minimum Gasteiger partial charge on any atom is -0.497 e. The fourth-order valence-corrected chi connectivity index (χ4v) is 2.83. The smallest absolute Gasteiger partial charge is 0.227 e. The summed E-state index contributed by atoms with van der Waals surface area (Å²) in [5.41, 5.74) is 7.24. The van der Waals surface area contributed by atoms with Gasteiger partial charge >= 0.3 is 0 Å². The molecule has 1 aliphatic heterocycles. The molecule has 1 fully saturated rings. The van der Waals surface area contributed by atoms with Crippen molar-refractivity contribution in [3.8, 4) is 5.75 Å². The average Bonchev–Trinajstić information content (AvgIpc) is 3.23. The zero-order valence-electron chi connectivity index (χ0n) is 14.0. The Kier molecular flexibility index (Phi) is 4.77. The topological polar surface area (TPSA) is 104 Å². The normalized spacial score (nSPS) is 21.5. The lowest BCUT2D eigenvalue weighted by atomic mass is 9.94. The van der Waals surface area contributed by atoms with Gasteiger partial charge in [0.15, 0.2) is 5.82 Å². The van der Waals surface area contributed by atoms with E-state index in [1.54, 1.807) is 7.11 Å². The second-order valence-corrected chi connectivity index (χ2v) is 5.90. The summed E-state index contributed by atoms with van der Waals surface area (Å²) in [6.45, 7) is 4.25. The molecule has 24 heavy (non-hydrogen) atoms. The largest absolute Gasteiger partial charge is 0.497 e. The van der Waals surface area contributed by atoms with Gasteiger partial charge in [0.05, 0.1) is 25.1 Å². The van der Waals surface area contributed by atoms with Crippen molar-refractivity contribution in [1.82, 2.24) is 31.3 Å². The lowest BCUT2D eigenvalue weighted by molar-refractivity contribution is -0.125. The van der Waals surface area contributed by atoms with E-state index in [1.807, 2.05) is 38.1 Å². The van der Waals surface area contributed by atoms with E-state index in [0.717, 1.165) is 17.1 Å². The Morgan fingerprint density at radius 1 is 1.46 bits per heavy atom. The Balaban J connectivity index is 1.71. The Morgan fingerprint density at radius 2 is 2.29 bits per heavy atom. The van der Waals surface area contributed by atoms with Crippen molar-refractivity contribution < 1.29 is 9.53 Å². The molecule has 1 aromatic heterocycles. The average molecular weight is 330 g/mol. The molecule has 3 atom stereocenters. The van der Waals surface area contributed by atoms with Crippen LogP contribution in [0.5, 0.6) is 5.75 Å². The number of nitrogens with zero attached hydrogens (tertiary/aromatic N) is 2. The third-order valence-corrected chi connectivity index (χ3v) is 4.13. The van der Waals surface area contributed by atoms with E-state index in [2.05, 4.69) is 31.3 Å². The van der Waals surface area contributed by atoms with Crippen molar-refractivity contribution in [3.05, 3.63) is 41.5 Å². The highest BCUT2D eigenvalue weighted by molar-refractivity contribution is 5.80. The van der Waals surface area contributed by atoms with E-state index in [4.69, 9.17) is 4.74 Å². The summed E-state index contributed by atoms with van der Waals surface area (Å²) >= 11 is 0. The molecule has 128 valence electrons. The Hall–Kier alpha value is -2.45. The van der Waals surface area contributed by atoms with E-state index in [9.17, 15) is 4.79 Å². The zero-order chi connectivity index (χ0) is 17.1. The lowest BCUT2D eigenvalue weighted by Crippen LogP contribution is -2.36. The molecule has 2 aromatic rings. The number of H-pyrrole nitrogens is 1. The van der Waals surface area contributed by atoms with Gasteiger partial charge in [-0.3, -0.25) is 15.3 Å². The number of amides is 1. The first kappa shape index (κ1) is 16.4. The number of hydrogen-bond donors (Lipinski definition) is 4. The minimum absolute atomic E-state index is 0.0460. The van der Waals surface area contributed by atoms with E-state index in [-0.39, 0.29) is 23.9 Å². The van der Waals surface area contributed by atoms with Crippen LogP contribution in [0.15, 0.2) is 24.3 Å². The Labute approximate surface area is 140 Å². The van der Waals surface area contributed by atoms with Crippen LogP contribution < -0.4 is 20.9 Å². The lowest BCUT2D eigenvalue weighted by Gasteiger charge is -2.20. The number of hydrogen-bond acceptors (Lipinski definition) is 6. The van der Waals surface area contributed by atoms with Crippen molar-refractivity contribution in [2.45, 2.75) is 25.9 Å².